The van der Waals surface area contributed by atoms with Crippen molar-refractivity contribution in [2.45, 2.75) is 26.7 Å². The number of anilines is 1. The van der Waals surface area contributed by atoms with Crippen LogP contribution in [0.3, 0.4) is 0 Å². The van der Waals surface area contributed by atoms with Crippen molar-refractivity contribution in [2.75, 3.05) is 31.5 Å². The average Bonchev–Trinajstić information content (AvgIpc) is 2.72. The molecule has 3 amide bonds. The Hall–Kier alpha value is -3.15. The van der Waals surface area contributed by atoms with Crippen molar-refractivity contribution in [1.29, 1.82) is 0 Å². The Morgan fingerprint density at radius 3 is 1.90 bits per heavy atom. The molecule has 0 spiro atoms. The van der Waals surface area contributed by atoms with Crippen molar-refractivity contribution in [3.63, 3.8) is 0 Å². The molecule has 2 aromatic rings. The second-order valence-corrected chi connectivity index (χ2v) is 7.62. The summed E-state index contributed by atoms with van der Waals surface area (Å²) in [5.41, 5.74) is 3.01. The normalized spacial score (nSPS) is 14.1. The van der Waals surface area contributed by atoms with Crippen LogP contribution >= 0.6 is 0 Å². The second-order valence-electron chi connectivity index (χ2n) is 7.62. The number of amides is 3. The molecule has 0 bridgehead atoms. The number of benzene rings is 2. The molecule has 29 heavy (non-hydrogen) atoms. The van der Waals surface area contributed by atoms with Crippen LogP contribution in [0.15, 0.2) is 48.5 Å². The number of hydrogen-bond acceptors (Lipinski definition) is 3. The number of nitrogens with zero attached hydrogens (tertiary/aromatic N) is 2. The third-order valence-corrected chi connectivity index (χ3v) is 5.11. The van der Waals surface area contributed by atoms with Crippen LogP contribution in [0, 0.1) is 0 Å². The molecule has 1 saturated heterocycles. The summed E-state index contributed by atoms with van der Waals surface area (Å²) in [5.74, 6) is 0.159. The molecule has 0 aromatic heterocycles. The number of carbonyl (C=O) groups excluding carboxylic acids is 3. The highest BCUT2D eigenvalue weighted by Gasteiger charge is 2.25. The molecule has 1 N–H and O–H groups in total. The van der Waals surface area contributed by atoms with Crippen molar-refractivity contribution in [3.8, 4) is 0 Å². The van der Waals surface area contributed by atoms with Gasteiger partial charge in [-0.15, -0.1) is 0 Å². The van der Waals surface area contributed by atoms with Gasteiger partial charge < -0.3 is 15.1 Å². The number of carbonyl (C=O) groups is 3. The molecule has 6 heteroatoms. The van der Waals surface area contributed by atoms with Gasteiger partial charge in [0.1, 0.15) is 0 Å². The fraction of sp³-hybridized carbons (Fsp3) is 0.348. The summed E-state index contributed by atoms with van der Waals surface area (Å²) in [4.78, 5) is 40.3. The summed E-state index contributed by atoms with van der Waals surface area (Å²) in [6.07, 6.45) is 0. The molecule has 0 radical (unpaired) electrons. The van der Waals surface area contributed by atoms with E-state index < -0.39 is 0 Å². The van der Waals surface area contributed by atoms with Gasteiger partial charge in [0.15, 0.2) is 0 Å². The summed E-state index contributed by atoms with van der Waals surface area (Å²) in [6, 6.07) is 14.7. The minimum absolute atomic E-state index is 0.0000562. The van der Waals surface area contributed by atoms with E-state index in [9.17, 15) is 14.4 Å². The van der Waals surface area contributed by atoms with Gasteiger partial charge in [-0.1, -0.05) is 32.0 Å². The van der Waals surface area contributed by atoms with Crippen LogP contribution in [0.5, 0.6) is 0 Å². The zero-order valence-corrected chi connectivity index (χ0v) is 17.1. The first kappa shape index (κ1) is 20.6. The van der Waals surface area contributed by atoms with Crippen molar-refractivity contribution in [2.24, 2.45) is 0 Å². The summed E-state index contributed by atoms with van der Waals surface area (Å²) in [7, 11) is 0. The Kier molecular flexibility index (Phi) is 6.32. The van der Waals surface area contributed by atoms with Gasteiger partial charge >= 0.3 is 0 Å². The van der Waals surface area contributed by atoms with Crippen molar-refractivity contribution in [3.05, 3.63) is 65.2 Å². The number of rotatable bonds is 4. The van der Waals surface area contributed by atoms with E-state index in [-0.39, 0.29) is 17.7 Å². The zero-order chi connectivity index (χ0) is 21.0. The molecule has 1 aliphatic heterocycles. The van der Waals surface area contributed by atoms with E-state index in [2.05, 4.69) is 19.2 Å². The predicted octanol–water partition coefficient (Wildman–Crippen LogP) is 3.37. The standard InChI is InChI=1S/C23H27N3O3/c1-16(2)18-7-9-19(10-8-18)22(28)25-11-13-26(14-12-25)23(29)20-5-4-6-21(15-20)24-17(3)27/h4-10,15-16H,11-14H2,1-3H3,(H,24,27). The van der Waals surface area contributed by atoms with Crippen LogP contribution in [0.25, 0.3) is 0 Å². The maximum absolute atomic E-state index is 12.8. The maximum atomic E-state index is 12.8. The molecule has 1 heterocycles. The third-order valence-electron chi connectivity index (χ3n) is 5.11. The minimum Gasteiger partial charge on any atom is -0.335 e. The summed E-state index contributed by atoms with van der Waals surface area (Å²) < 4.78 is 0. The molecule has 152 valence electrons. The smallest absolute Gasteiger partial charge is 0.254 e. The molecule has 1 aliphatic rings. The number of piperazine rings is 1. The third kappa shape index (κ3) is 5.02. The van der Waals surface area contributed by atoms with Crippen LogP contribution in [0.2, 0.25) is 0 Å². The van der Waals surface area contributed by atoms with Crippen LogP contribution in [-0.4, -0.2) is 53.7 Å². The van der Waals surface area contributed by atoms with Gasteiger partial charge in [-0.05, 0) is 41.8 Å². The van der Waals surface area contributed by atoms with Crippen LogP contribution in [0.1, 0.15) is 53.0 Å². The van der Waals surface area contributed by atoms with Crippen LogP contribution < -0.4 is 5.32 Å². The van der Waals surface area contributed by atoms with E-state index in [1.165, 1.54) is 12.5 Å². The van der Waals surface area contributed by atoms with Crippen molar-refractivity contribution < 1.29 is 14.4 Å². The molecule has 0 unspecified atom stereocenters. The maximum Gasteiger partial charge on any atom is 0.254 e. The van der Waals surface area contributed by atoms with Crippen molar-refractivity contribution in [1.82, 2.24) is 9.80 Å². The first-order chi connectivity index (χ1) is 13.8. The molecule has 0 saturated carbocycles. The van der Waals surface area contributed by atoms with Crippen molar-refractivity contribution >= 4 is 23.4 Å². The molecule has 0 atom stereocenters. The summed E-state index contributed by atoms with van der Waals surface area (Å²) in [6.45, 7) is 7.65. The lowest BCUT2D eigenvalue weighted by molar-refractivity contribution is -0.114. The van der Waals surface area contributed by atoms with Gasteiger partial charge in [0.05, 0.1) is 0 Å². The Balaban J connectivity index is 1.60. The minimum atomic E-state index is -0.178. The highest BCUT2D eigenvalue weighted by atomic mass is 16.2. The summed E-state index contributed by atoms with van der Waals surface area (Å²) >= 11 is 0. The fourth-order valence-electron chi connectivity index (χ4n) is 3.42. The van der Waals surface area contributed by atoms with E-state index in [0.29, 0.717) is 48.9 Å². The molecule has 2 aromatic carbocycles. The highest BCUT2D eigenvalue weighted by Crippen LogP contribution is 2.18. The molecular weight excluding hydrogens is 366 g/mol. The predicted molar refractivity (Wildman–Crippen MR) is 113 cm³/mol. The van der Waals surface area contributed by atoms with Crippen LogP contribution in [0.4, 0.5) is 5.69 Å². The molecule has 1 fully saturated rings. The van der Waals surface area contributed by atoms with E-state index in [1.807, 2.05) is 24.3 Å². The Morgan fingerprint density at radius 2 is 1.38 bits per heavy atom. The van der Waals surface area contributed by atoms with Gasteiger partial charge in [-0.2, -0.15) is 0 Å². The lowest BCUT2D eigenvalue weighted by atomic mass is 10.0. The lowest BCUT2D eigenvalue weighted by Gasteiger charge is -2.35. The topological polar surface area (TPSA) is 69.7 Å². The van der Waals surface area contributed by atoms with E-state index in [4.69, 9.17) is 0 Å². The first-order valence-electron chi connectivity index (χ1n) is 9.91. The monoisotopic (exact) mass is 393 g/mol. The van der Waals surface area contributed by atoms with Gasteiger partial charge in [0, 0.05) is 49.9 Å². The molecule has 6 nitrogen and oxygen atoms in total. The van der Waals surface area contributed by atoms with E-state index >= 15 is 0 Å². The Bertz CT molecular complexity index is 898. The van der Waals surface area contributed by atoms with E-state index in [0.717, 1.165) is 0 Å². The first-order valence-corrected chi connectivity index (χ1v) is 9.91. The average molecular weight is 393 g/mol. The fourth-order valence-corrected chi connectivity index (χ4v) is 3.42. The molecule has 0 aliphatic carbocycles. The Morgan fingerprint density at radius 1 is 0.828 bits per heavy atom. The number of nitrogens with one attached hydrogen (secondary N) is 1. The van der Waals surface area contributed by atoms with Gasteiger partial charge in [0.25, 0.3) is 11.8 Å². The van der Waals surface area contributed by atoms with Crippen LogP contribution in [-0.2, 0) is 4.79 Å². The number of hydrogen-bond donors (Lipinski definition) is 1. The van der Waals surface area contributed by atoms with Gasteiger partial charge in [-0.25, -0.2) is 0 Å². The Labute approximate surface area is 171 Å². The summed E-state index contributed by atoms with van der Waals surface area (Å²) in [5, 5.41) is 2.69. The van der Waals surface area contributed by atoms with Gasteiger partial charge in [-0.3, -0.25) is 14.4 Å². The van der Waals surface area contributed by atoms with E-state index in [1.54, 1.807) is 34.1 Å². The quantitative estimate of drug-likeness (QED) is 0.866. The lowest BCUT2D eigenvalue weighted by Crippen LogP contribution is -2.50. The largest absolute Gasteiger partial charge is 0.335 e. The van der Waals surface area contributed by atoms with Gasteiger partial charge in [0.2, 0.25) is 5.91 Å². The molecular formula is C23H27N3O3. The molecule has 3 rings (SSSR count). The second kappa shape index (κ2) is 8.90. The highest BCUT2D eigenvalue weighted by molar-refractivity contribution is 5.97. The zero-order valence-electron chi connectivity index (χ0n) is 17.1. The SMILES string of the molecule is CC(=O)Nc1cccc(C(=O)N2CCN(C(=O)c3ccc(C(C)C)cc3)CC2)c1.